The molecule has 0 saturated carbocycles. The lowest BCUT2D eigenvalue weighted by atomic mass is 9.70. The van der Waals surface area contributed by atoms with E-state index in [-0.39, 0.29) is 25.0 Å². The van der Waals surface area contributed by atoms with Gasteiger partial charge >= 0.3 is 0 Å². The van der Waals surface area contributed by atoms with E-state index in [0.717, 1.165) is 5.56 Å². The Labute approximate surface area is 208 Å². The van der Waals surface area contributed by atoms with Gasteiger partial charge in [-0.15, -0.1) is 0 Å². The average Bonchev–Trinajstić information content (AvgIpc) is 3.50. The van der Waals surface area contributed by atoms with Crippen LogP contribution in [0.25, 0.3) is 0 Å². The van der Waals surface area contributed by atoms with E-state index >= 15 is 0 Å². The van der Waals surface area contributed by atoms with Gasteiger partial charge in [0, 0.05) is 19.7 Å². The van der Waals surface area contributed by atoms with E-state index in [1.165, 1.54) is 4.90 Å². The van der Waals surface area contributed by atoms with Gasteiger partial charge in [0.25, 0.3) is 0 Å². The molecule has 2 aromatic rings. The Bertz CT molecular complexity index is 1130. The molecule has 184 valence electrons. The van der Waals surface area contributed by atoms with Gasteiger partial charge in [0.1, 0.15) is 11.6 Å². The van der Waals surface area contributed by atoms with Crippen molar-refractivity contribution >= 4 is 35.0 Å². The zero-order valence-corrected chi connectivity index (χ0v) is 19.9. The summed E-state index contributed by atoms with van der Waals surface area (Å²) in [5, 5.41) is 15.6. The highest BCUT2D eigenvalue weighted by Gasteiger charge is 2.74. The number of hydrogen-bond donors (Lipinski definition) is 3. The van der Waals surface area contributed by atoms with Crippen molar-refractivity contribution in [2.45, 2.75) is 43.6 Å². The van der Waals surface area contributed by atoms with Crippen LogP contribution >= 0.6 is 11.6 Å². The number of likely N-dealkylation sites (tertiary alicyclic amines) is 1. The van der Waals surface area contributed by atoms with Gasteiger partial charge in [0.05, 0.1) is 28.6 Å². The number of carbonyl (C=O) groups is 3. The van der Waals surface area contributed by atoms with E-state index in [4.69, 9.17) is 16.3 Å². The Morgan fingerprint density at radius 2 is 1.86 bits per heavy atom. The number of anilines is 1. The third-order valence-electron chi connectivity index (χ3n) is 7.35. The highest BCUT2D eigenvalue weighted by atomic mass is 35.5. The minimum atomic E-state index is -1.09. The van der Waals surface area contributed by atoms with Gasteiger partial charge in [0.2, 0.25) is 17.7 Å². The number of nitrogens with one attached hydrogen (secondary N) is 2. The van der Waals surface area contributed by atoms with Crippen molar-refractivity contribution in [2.75, 3.05) is 18.5 Å². The van der Waals surface area contributed by atoms with Crippen LogP contribution in [0, 0.1) is 11.8 Å². The van der Waals surface area contributed by atoms with Crippen molar-refractivity contribution in [1.82, 2.24) is 10.2 Å². The van der Waals surface area contributed by atoms with Crippen LogP contribution in [0.1, 0.15) is 24.8 Å². The van der Waals surface area contributed by atoms with Gasteiger partial charge in [-0.1, -0.05) is 54.1 Å². The lowest BCUT2D eigenvalue weighted by Crippen LogP contribution is -2.53. The summed E-state index contributed by atoms with van der Waals surface area (Å²) in [5.74, 6) is -2.35. The number of aliphatic hydroxyl groups excluding tert-OH is 1. The number of hydrogen-bond acceptors (Lipinski definition) is 5. The number of ether oxygens (including phenoxy) is 1. The first kappa shape index (κ1) is 23.8. The number of amides is 3. The van der Waals surface area contributed by atoms with Crippen molar-refractivity contribution < 1.29 is 24.2 Å². The fourth-order valence-electron chi connectivity index (χ4n) is 5.90. The third-order valence-corrected chi connectivity index (χ3v) is 7.68. The molecule has 0 aliphatic carbocycles. The van der Waals surface area contributed by atoms with Crippen molar-refractivity contribution in [2.24, 2.45) is 11.8 Å². The number of halogens is 1. The lowest BCUT2D eigenvalue weighted by Gasteiger charge is -2.33. The molecule has 0 aromatic heterocycles. The van der Waals surface area contributed by atoms with Gasteiger partial charge in [-0.05, 0) is 37.0 Å². The smallest absolute Gasteiger partial charge is 0.250 e. The van der Waals surface area contributed by atoms with Crippen LogP contribution in [0.5, 0.6) is 0 Å². The maximum absolute atomic E-state index is 13.7. The summed E-state index contributed by atoms with van der Waals surface area (Å²) in [6.45, 7) is 0.423. The predicted molar refractivity (Wildman–Crippen MR) is 129 cm³/mol. The van der Waals surface area contributed by atoms with Gasteiger partial charge in [0.15, 0.2) is 0 Å². The Morgan fingerprint density at radius 1 is 1.11 bits per heavy atom. The summed E-state index contributed by atoms with van der Waals surface area (Å²) in [6.07, 6.45) is 0.998. The van der Waals surface area contributed by atoms with Crippen LogP contribution in [0.3, 0.4) is 0 Å². The number of fused-ring (bicyclic) bond motifs is 1. The SMILES string of the molecule is O=C(Nc1ccccc1Cl)C1N(CCCO)C(=O)[C@@H]2[C@@H](C(=O)NCc3ccccc3)[C@H]3CCC12O3. The number of para-hydroxylation sites is 1. The predicted octanol–water partition coefficient (Wildman–Crippen LogP) is 2.35. The Kier molecular flexibility index (Phi) is 6.53. The second-order valence-electron chi connectivity index (χ2n) is 9.34. The van der Waals surface area contributed by atoms with Crippen LogP contribution in [-0.2, 0) is 25.7 Å². The van der Waals surface area contributed by atoms with E-state index in [9.17, 15) is 19.5 Å². The molecule has 1 spiro atoms. The molecule has 2 bridgehead atoms. The topological polar surface area (TPSA) is 108 Å². The maximum atomic E-state index is 13.7. The molecule has 3 heterocycles. The highest BCUT2D eigenvalue weighted by molar-refractivity contribution is 6.33. The van der Waals surface area contributed by atoms with Crippen LogP contribution < -0.4 is 10.6 Å². The van der Waals surface area contributed by atoms with E-state index in [1.54, 1.807) is 24.3 Å². The molecule has 3 N–H and O–H groups in total. The first-order valence-electron chi connectivity index (χ1n) is 11.9. The molecule has 35 heavy (non-hydrogen) atoms. The number of nitrogens with zero attached hydrogens (tertiary/aromatic N) is 1. The monoisotopic (exact) mass is 497 g/mol. The van der Waals surface area contributed by atoms with Gasteiger partial charge in [-0.3, -0.25) is 14.4 Å². The van der Waals surface area contributed by atoms with Crippen LogP contribution in [-0.4, -0.2) is 58.6 Å². The molecule has 5 atom stereocenters. The molecule has 2 unspecified atom stereocenters. The highest BCUT2D eigenvalue weighted by Crippen LogP contribution is 2.58. The van der Waals surface area contributed by atoms with Crippen LogP contribution in [0.4, 0.5) is 5.69 Å². The minimum Gasteiger partial charge on any atom is -0.396 e. The largest absolute Gasteiger partial charge is 0.396 e. The molecule has 3 saturated heterocycles. The molecule has 3 amide bonds. The molecule has 3 fully saturated rings. The standard InChI is InChI=1S/C26H28ClN3O5/c27-17-9-4-5-10-18(17)29-24(33)22-26-12-11-19(35-26)20(21(26)25(34)30(22)13-6-14-31)23(32)28-15-16-7-2-1-3-8-16/h1-5,7-10,19-22,31H,6,11-15H2,(H,28,32)(H,29,33)/t19-,20+,21+,22?,26?/m1/s1. The van der Waals surface area contributed by atoms with Gasteiger partial charge in [-0.25, -0.2) is 0 Å². The quantitative estimate of drug-likeness (QED) is 0.519. The van der Waals surface area contributed by atoms with Crippen molar-refractivity contribution in [3.05, 3.63) is 65.2 Å². The second kappa shape index (κ2) is 9.60. The van der Waals surface area contributed by atoms with E-state index in [0.29, 0.717) is 36.5 Å². The van der Waals surface area contributed by atoms with Crippen LogP contribution in [0.2, 0.25) is 5.02 Å². The van der Waals surface area contributed by atoms with E-state index < -0.39 is 35.5 Å². The first-order valence-corrected chi connectivity index (χ1v) is 12.3. The number of benzene rings is 2. The molecular formula is C26H28ClN3O5. The zero-order valence-electron chi connectivity index (χ0n) is 19.2. The van der Waals surface area contributed by atoms with Gasteiger partial charge in [-0.2, -0.15) is 0 Å². The van der Waals surface area contributed by atoms with Crippen LogP contribution in [0.15, 0.2) is 54.6 Å². The molecule has 8 nitrogen and oxygen atoms in total. The van der Waals surface area contributed by atoms with Crippen molar-refractivity contribution in [3.8, 4) is 0 Å². The lowest BCUT2D eigenvalue weighted by molar-refractivity contribution is -0.141. The molecule has 3 aliphatic rings. The maximum Gasteiger partial charge on any atom is 0.250 e. The first-order chi connectivity index (χ1) is 17.0. The van der Waals surface area contributed by atoms with E-state index in [2.05, 4.69) is 10.6 Å². The summed E-state index contributed by atoms with van der Waals surface area (Å²) < 4.78 is 6.37. The normalized spacial score (nSPS) is 28.7. The zero-order chi connectivity index (χ0) is 24.6. The molecule has 9 heteroatoms. The summed E-state index contributed by atoms with van der Waals surface area (Å²) in [5.41, 5.74) is 0.314. The molecule has 0 radical (unpaired) electrons. The van der Waals surface area contributed by atoms with Crippen molar-refractivity contribution in [3.63, 3.8) is 0 Å². The van der Waals surface area contributed by atoms with E-state index in [1.807, 2.05) is 30.3 Å². The molecule has 3 aliphatic heterocycles. The molecule has 2 aromatic carbocycles. The number of aliphatic hydroxyl groups is 1. The summed E-state index contributed by atoms with van der Waals surface area (Å²) in [4.78, 5) is 42.1. The number of rotatable bonds is 8. The Morgan fingerprint density at radius 3 is 2.60 bits per heavy atom. The van der Waals surface area contributed by atoms with Crippen molar-refractivity contribution in [1.29, 1.82) is 0 Å². The summed E-state index contributed by atoms with van der Waals surface area (Å²) in [6, 6.07) is 15.5. The summed E-state index contributed by atoms with van der Waals surface area (Å²) in [7, 11) is 0. The Balaban J connectivity index is 1.42. The minimum absolute atomic E-state index is 0.120. The second-order valence-corrected chi connectivity index (χ2v) is 9.74. The van der Waals surface area contributed by atoms with Gasteiger partial charge < -0.3 is 25.4 Å². The molecule has 5 rings (SSSR count). The molecular weight excluding hydrogens is 470 g/mol. The average molecular weight is 498 g/mol. The fraction of sp³-hybridized carbons (Fsp3) is 0.423. The third kappa shape index (κ3) is 4.09. The Hall–Kier alpha value is -2.94. The summed E-state index contributed by atoms with van der Waals surface area (Å²) >= 11 is 6.25. The fourth-order valence-corrected chi connectivity index (χ4v) is 6.08. The number of carbonyl (C=O) groups excluding carboxylic acids is 3.